The molecule has 24 heavy (non-hydrogen) atoms. The first-order valence-corrected chi connectivity index (χ1v) is 7.75. The minimum atomic E-state index is -0.00451. The number of aryl methyl sites for hydroxylation is 2. The Kier molecular flexibility index (Phi) is 4.77. The lowest BCUT2D eigenvalue weighted by Crippen LogP contribution is -2.27. The van der Waals surface area contributed by atoms with Crippen molar-refractivity contribution in [3.8, 4) is 11.6 Å². The highest BCUT2D eigenvalue weighted by molar-refractivity contribution is 5.48. The summed E-state index contributed by atoms with van der Waals surface area (Å²) in [5, 5.41) is 15.8. The molecule has 1 N–H and O–H groups in total. The second-order valence-electron chi connectivity index (χ2n) is 5.69. The van der Waals surface area contributed by atoms with Crippen LogP contribution in [-0.4, -0.2) is 38.3 Å². The molecule has 0 radical (unpaired) electrons. The Labute approximate surface area is 140 Å². The zero-order chi connectivity index (χ0) is 17.1. The van der Waals surface area contributed by atoms with Crippen LogP contribution in [0.25, 0.3) is 11.6 Å². The minimum absolute atomic E-state index is 0.00451. The van der Waals surface area contributed by atoms with Crippen LogP contribution in [0.15, 0.2) is 28.8 Å². The molecule has 8 heteroatoms. The van der Waals surface area contributed by atoms with Crippen molar-refractivity contribution in [2.24, 2.45) is 14.1 Å². The Balaban J connectivity index is 1.70. The maximum absolute atomic E-state index is 5.77. The second-order valence-corrected chi connectivity index (χ2v) is 5.69. The van der Waals surface area contributed by atoms with Crippen LogP contribution in [0.2, 0.25) is 0 Å². The van der Waals surface area contributed by atoms with E-state index in [0.717, 1.165) is 17.1 Å². The lowest BCUT2D eigenvalue weighted by Gasteiger charge is -2.17. The molecule has 0 spiro atoms. The van der Waals surface area contributed by atoms with Crippen LogP contribution in [0.1, 0.15) is 23.3 Å². The highest BCUT2D eigenvalue weighted by Gasteiger charge is 2.17. The zero-order valence-electron chi connectivity index (χ0n) is 14.4. The molecular formula is C16H22N6O2. The summed E-state index contributed by atoms with van der Waals surface area (Å²) in [6.07, 6.45) is 1.77. The highest BCUT2D eigenvalue weighted by Crippen LogP contribution is 2.20. The van der Waals surface area contributed by atoms with Gasteiger partial charge in [-0.15, -0.1) is 10.2 Å². The molecule has 3 aromatic heterocycles. The lowest BCUT2D eigenvalue weighted by atomic mass is 10.2. The summed E-state index contributed by atoms with van der Waals surface area (Å²) in [6.45, 7) is 3.01. The summed E-state index contributed by atoms with van der Waals surface area (Å²) in [7, 11) is 5.56. The van der Waals surface area contributed by atoms with Gasteiger partial charge in [0.2, 0.25) is 5.89 Å². The molecule has 0 saturated carbocycles. The van der Waals surface area contributed by atoms with E-state index in [4.69, 9.17) is 9.15 Å². The van der Waals surface area contributed by atoms with Gasteiger partial charge in [0.1, 0.15) is 5.69 Å². The van der Waals surface area contributed by atoms with Gasteiger partial charge in [-0.1, -0.05) is 0 Å². The van der Waals surface area contributed by atoms with Gasteiger partial charge in [0.25, 0.3) is 5.89 Å². The number of nitrogens with zero attached hydrogens (tertiary/aromatic N) is 5. The van der Waals surface area contributed by atoms with Crippen molar-refractivity contribution in [2.75, 3.05) is 13.7 Å². The molecule has 3 rings (SSSR count). The molecule has 128 valence electrons. The molecule has 0 aromatic carbocycles. The fraction of sp³-hybridized carbons (Fsp3) is 0.438. The topological polar surface area (TPSA) is 82.9 Å². The van der Waals surface area contributed by atoms with E-state index in [1.54, 1.807) is 13.3 Å². The van der Waals surface area contributed by atoms with E-state index in [1.807, 2.05) is 48.5 Å². The molecule has 0 amide bonds. The van der Waals surface area contributed by atoms with Gasteiger partial charge in [0.05, 0.1) is 24.9 Å². The third-order valence-electron chi connectivity index (χ3n) is 4.11. The van der Waals surface area contributed by atoms with E-state index in [0.29, 0.717) is 24.9 Å². The first kappa shape index (κ1) is 16.4. The number of nitrogens with one attached hydrogen (secondary N) is 1. The van der Waals surface area contributed by atoms with E-state index in [1.165, 1.54) is 0 Å². The molecule has 0 unspecified atom stereocenters. The second kappa shape index (κ2) is 6.98. The van der Waals surface area contributed by atoms with Crippen LogP contribution >= 0.6 is 0 Å². The Morgan fingerprint density at radius 3 is 2.71 bits per heavy atom. The van der Waals surface area contributed by atoms with Gasteiger partial charge in [-0.25, -0.2) is 0 Å². The molecule has 0 aliphatic heterocycles. The van der Waals surface area contributed by atoms with Crippen molar-refractivity contribution in [1.29, 1.82) is 0 Å². The quantitative estimate of drug-likeness (QED) is 0.708. The summed E-state index contributed by atoms with van der Waals surface area (Å²) in [5.74, 6) is 1.05. The van der Waals surface area contributed by atoms with Crippen LogP contribution in [0.4, 0.5) is 0 Å². The number of methoxy groups -OCH3 is 1. The van der Waals surface area contributed by atoms with Gasteiger partial charge < -0.3 is 13.7 Å². The van der Waals surface area contributed by atoms with Crippen molar-refractivity contribution >= 4 is 0 Å². The average molecular weight is 330 g/mol. The minimum Gasteiger partial charge on any atom is -0.418 e. The predicted molar refractivity (Wildman–Crippen MR) is 88.1 cm³/mol. The third kappa shape index (κ3) is 3.24. The Hall–Kier alpha value is -2.45. The van der Waals surface area contributed by atoms with E-state index in [9.17, 15) is 0 Å². The smallest absolute Gasteiger partial charge is 0.264 e. The van der Waals surface area contributed by atoms with Crippen LogP contribution < -0.4 is 5.32 Å². The van der Waals surface area contributed by atoms with Gasteiger partial charge in [0.15, 0.2) is 0 Å². The molecule has 0 saturated heterocycles. The maximum atomic E-state index is 5.77. The van der Waals surface area contributed by atoms with Crippen LogP contribution in [0.5, 0.6) is 0 Å². The molecule has 0 bridgehead atoms. The van der Waals surface area contributed by atoms with Crippen molar-refractivity contribution < 1.29 is 9.15 Å². The predicted octanol–water partition coefficient (Wildman–Crippen LogP) is 1.59. The normalized spacial score (nSPS) is 12.7. The number of rotatable bonds is 7. The van der Waals surface area contributed by atoms with Gasteiger partial charge in [-0.3, -0.25) is 10.00 Å². The summed E-state index contributed by atoms with van der Waals surface area (Å²) >= 11 is 0. The van der Waals surface area contributed by atoms with Crippen molar-refractivity contribution in [3.63, 3.8) is 0 Å². The molecule has 3 heterocycles. The van der Waals surface area contributed by atoms with Crippen LogP contribution in [0.3, 0.4) is 0 Å². The number of aromatic nitrogens is 5. The fourth-order valence-electron chi connectivity index (χ4n) is 2.61. The molecule has 8 nitrogen and oxygen atoms in total. The number of hydrogen-bond donors (Lipinski definition) is 1. The first-order valence-electron chi connectivity index (χ1n) is 7.75. The number of ether oxygens (including phenoxy) is 1. The lowest BCUT2D eigenvalue weighted by molar-refractivity contribution is 0.161. The monoisotopic (exact) mass is 330 g/mol. The van der Waals surface area contributed by atoms with Crippen LogP contribution in [0, 0.1) is 6.92 Å². The Morgan fingerprint density at radius 2 is 2.08 bits per heavy atom. The largest absolute Gasteiger partial charge is 0.418 e. The molecule has 0 aliphatic carbocycles. The number of hydrogen-bond acceptors (Lipinski definition) is 6. The first-order chi connectivity index (χ1) is 11.6. The third-order valence-corrected chi connectivity index (χ3v) is 4.11. The standard InChI is InChI=1S/C16H22N6O2/c1-11-5-6-14(21(11)2)16-20-19-15(24-16)9-17-12(10-23-4)13-7-8-18-22(13)3/h5-8,12,17H,9-10H2,1-4H3/t12-/m1/s1. The van der Waals surface area contributed by atoms with Gasteiger partial charge >= 0.3 is 0 Å². The van der Waals surface area contributed by atoms with E-state index < -0.39 is 0 Å². The van der Waals surface area contributed by atoms with E-state index in [2.05, 4.69) is 20.6 Å². The SMILES string of the molecule is COC[C@@H](NCc1nnc(-c2ccc(C)n2C)o1)c1ccnn1C. The van der Waals surface area contributed by atoms with Gasteiger partial charge in [-0.2, -0.15) is 5.10 Å². The molecule has 0 fully saturated rings. The summed E-state index contributed by atoms with van der Waals surface area (Å²) in [6, 6.07) is 5.95. The Bertz CT molecular complexity index is 803. The Morgan fingerprint density at radius 1 is 1.25 bits per heavy atom. The van der Waals surface area contributed by atoms with Crippen molar-refractivity contribution in [1.82, 2.24) is 29.9 Å². The molecule has 3 aromatic rings. The summed E-state index contributed by atoms with van der Waals surface area (Å²) < 4.78 is 14.9. The molecular weight excluding hydrogens is 308 g/mol. The fourth-order valence-corrected chi connectivity index (χ4v) is 2.61. The van der Waals surface area contributed by atoms with E-state index in [-0.39, 0.29) is 6.04 Å². The summed E-state index contributed by atoms with van der Waals surface area (Å²) in [4.78, 5) is 0. The van der Waals surface area contributed by atoms with Crippen molar-refractivity contribution in [3.05, 3.63) is 41.7 Å². The van der Waals surface area contributed by atoms with E-state index >= 15 is 0 Å². The molecule has 0 aliphatic rings. The van der Waals surface area contributed by atoms with Crippen LogP contribution in [-0.2, 0) is 25.4 Å². The highest BCUT2D eigenvalue weighted by atomic mass is 16.5. The molecule has 1 atom stereocenters. The van der Waals surface area contributed by atoms with Gasteiger partial charge in [0, 0.05) is 33.1 Å². The van der Waals surface area contributed by atoms with Gasteiger partial charge in [-0.05, 0) is 25.1 Å². The van der Waals surface area contributed by atoms with Crippen molar-refractivity contribution in [2.45, 2.75) is 19.5 Å². The summed E-state index contributed by atoms with van der Waals surface area (Å²) in [5.41, 5.74) is 3.08. The maximum Gasteiger partial charge on any atom is 0.264 e. The average Bonchev–Trinajstić information content (AvgIpc) is 3.27. The zero-order valence-corrected chi connectivity index (χ0v) is 14.4.